The van der Waals surface area contributed by atoms with Crippen LogP contribution in [0.4, 0.5) is 11.6 Å². The molecule has 0 atom stereocenters. The Morgan fingerprint density at radius 3 is 2.27 bits per heavy atom. The molecule has 5 rings (SSSR count). The van der Waals surface area contributed by atoms with Gasteiger partial charge in [-0.1, -0.05) is 60.7 Å². The zero-order valence-corrected chi connectivity index (χ0v) is 20.0. The van der Waals surface area contributed by atoms with Crippen LogP contribution in [0.3, 0.4) is 0 Å². The number of nitrogens with zero attached hydrogens (tertiary/aromatic N) is 5. The van der Waals surface area contributed by atoms with Crippen molar-refractivity contribution in [2.45, 2.75) is 10.1 Å². The molecule has 3 aromatic carbocycles. The first-order valence-electron chi connectivity index (χ1n) is 11.1. The molecule has 0 saturated heterocycles. The molecule has 2 heterocycles. The summed E-state index contributed by atoms with van der Waals surface area (Å²) in [6, 6.07) is 27.3. The number of nitro groups is 1. The molecule has 0 bridgehead atoms. The minimum Gasteiger partial charge on any atom is -0.436 e. The number of furan rings is 1. The molecule has 0 unspecified atom stereocenters. The third kappa shape index (κ3) is 5.15. The van der Waals surface area contributed by atoms with Gasteiger partial charge < -0.3 is 4.42 Å². The van der Waals surface area contributed by atoms with Crippen LogP contribution in [0.5, 0.6) is 0 Å². The van der Waals surface area contributed by atoms with E-state index in [0.717, 1.165) is 11.1 Å². The first kappa shape index (κ1) is 23.7. The van der Waals surface area contributed by atoms with Gasteiger partial charge in [-0.15, -0.1) is 0 Å². The number of nitriles is 1. The average Bonchev–Trinajstić information content (AvgIpc) is 3.32. The van der Waals surface area contributed by atoms with E-state index >= 15 is 0 Å². The Labute approximate surface area is 216 Å². The molecule has 0 aliphatic heterocycles. The lowest BCUT2D eigenvalue weighted by Crippen LogP contribution is -1.93. The SMILES string of the molecule is N#Cc1c(N=Cc2cc([N+](=O)[O-])ccc2Sc2ncccn2)oc(-c2ccccc2)c1-c1ccccc1. The molecular formula is C28H17N5O3S. The second kappa shape index (κ2) is 10.7. The van der Waals surface area contributed by atoms with Crippen LogP contribution in [-0.2, 0) is 0 Å². The first-order valence-corrected chi connectivity index (χ1v) is 11.9. The predicted molar refractivity (Wildman–Crippen MR) is 141 cm³/mol. The van der Waals surface area contributed by atoms with Crippen LogP contribution in [-0.4, -0.2) is 21.1 Å². The number of nitro benzene ring substituents is 1. The van der Waals surface area contributed by atoms with E-state index in [9.17, 15) is 15.4 Å². The van der Waals surface area contributed by atoms with Gasteiger partial charge in [-0.25, -0.2) is 15.0 Å². The number of benzene rings is 3. The Morgan fingerprint density at radius 2 is 1.62 bits per heavy atom. The van der Waals surface area contributed by atoms with Crippen LogP contribution in [0.25, 0.3) is 22.5 Å². The van der Waals surface area contributed by atoms with Crippen molar-refractivity contribution in [3.63, 3.8) is 0 Å². The Balaban J connectivity index is 1.63. The van der Waals surface area contributed by atoms with Crippen molar-refractivity contribution in [2.24, 2.45) is 4.99 Å². The molecule has 0 radical (unpaired) electrons. The Bertz CT molecular complexity index is 1630. The highest BCUT2D eigenvalue weighted by molar-refractivity contribution is 7.99. The normalized spacial score (nSPS) is 10.9. The predicted octanol–water partition coefficient (Wildman–Crippen LogP) is 7.09. The minimum absolute atomic E-state index is 0.0883. The van der Waals surface area contributed by atoms with Crippen LogP contribution < -0.4 is 0 Å². The molecule has 0 aliphatic rings. The van der Waals surface area contributed by atoms with E-state index in [1.54, 1.807) is 24.5 Å². The Kier molecular flexibility index (Phi) is 6.83. The molecule has 0 amide bonds. The summed E-state index contributed by atoms with van der Waals surface area (Å²) < 4.78 is 6.15. The molecule has 0 fully saturated rings. The minimum atomic E-state index is -0.473. The highest BCUT2D eigenvalue weighted by Gasteiger charge is 2.23. The van der Waals surface area contributed by atoms with E-state index in [1.165, 1.54) is 30.1 Å². The monoisotopic (exact) mass is 503 g/mol. The molecule has 2 aromatic heterocycles. The van der Waals surface area contributed by atoms with Crippen LogP contribution in [0, 0.1) is 21.4 Å². The van der Waals surface area contributed by atoms with Gasteiger partial charge >= 0.3 is 0 Å². The third-order valence-electron chi connectivity index (χ3n) is 5.37. The summed E-state index contributed by atoms with van der Waals surface area (Å²) in [5.74, 6) is 0.625. The summed E-state index contributed by atoms with van der Waals surface area (Å²) in [7, 11) is 0. The zero-order valence-electron chi connectivity index (χ0n) is 19.2. The van der Waals surface area contributed by atoms with E-state index in [4.69, 9.17) is 4.42 Å². The summed E-state index contributed by atoms with van der Waals surface area (Å²) >= 11 is 1.25. The fourth-order valence-corrected chi connectivity index (χ4v) is 4.48. The van der Waals surface area contributed by atoms with Gasteiger partial charge in [0.15, 0.2) is 5.16 Å². The number of aliphatic imine (C=N–C) groups is 1. The number of hydrogen-bond donors (Lipinski definition) is 0. The van der Waals surface area contributed by atoms with Crippen LogP contribution in [0.15, 0.2) is 117 Å². The van der Waals surface area contributed by atoms with Crippen molar-refractivity contribution in [3.05, 3.63) is 119 Å². The lowest BCUT2D eigenvalue weighted by molar-refractivity contribution is -0.384. The molecule has 9 heteroatoms. The van der Waals surface area contributed by atoms with Gasteiger partial charge in [0.2, 0.25) is 5.88 Å². The fourth-order valence-electron chi connectivity index (χ4n) is 3.69. The van der Waals surface area contributed by atoms with Gasteiger partial charge in [0.1, 0.15) is 17.4 Å². The average molecular weight is 504 g/mol. The van der Waals surface area contributed by atoms with Crippen molar-refractivity contribution >= 4 is 29.5 Å². The van der Waals surface area contributed by atoms with Crippen molar-refractivity contribution in [1.82, 2.24) is 9.97 Å². The Morgan fingerprint density at radius 1 is 0.946 bits per heavy atom. The number of non-ortho nitro benzene ring substituents is 1. The molecule has 0 saturated carbocycles. The van der Waals surface area contributed by atoms with Gasteiger partial charge in [-0.3, -0.25) is 10.1 Å². The summed E-state index contributed by atoms with van der Waals surface area (Å²) in [6.07, 6.45) is 4.70. The molecule has 5 aromatic rings. The van der Waals surface area contributed by atoms with E-state index < -0.39 is 4.92 Å². The molecule has 0 N–H and O–H groups in total. The fraction of sp³-hybridized carbons (Fsp3) is 0. The van der Waals surface area contributed by atoms with Crippen molar-refractivity contribution in [2.75, 3.05) is 0 Å². The largest absolute Gasteiger partial charge is 0.436 e. The molecule has 0 aliphatic carbocycles. The van der Waals surface area contributed by atoms with Gasteiger partial charge in [0.05, 0.1) is 4.92 Å². The zero-order chi connectivity index (χ0) is 25.6. The van der Waals surface area contributed by atoms with Crippen molar-refractivity contribution < 1.29 is 9.34 Å². The number of hydrogen-bond acceptors (Lipinski definition) is 8. The standard InChI is InChI=1S/C28H17N5O3S/c29-17-23-25(19-8-3-1-4-9-19)26(20-10-5-2-6-11-20)36-27(23)32-18-21-16-22(33(34)35)12-13-24(21)37-28-30-14-7-15-31-28/h1-16,18H. The van der Waals surface area contributed by atoms with Crippen molar-refractivity contribution in [1.29, 1.82) is 5.26 Å². The maximum Gasteiger partial charge on any atom is 0.270 e. The Hall–Kier alpha value is -5.07. The topological polar surface area (TPSA) is 118 Å². The summed E-state index contributed by atoms with van der Waals surface area (Å²) in [5.41, 5.74) is 2.90. The van der Waals surface area contributed by atoms with E-state index in [2.05, 4.69) is 21.0 Å². The van der Waals surface area contributed by atoms with E-state index in [0.29, 0.717) is 26.9 Å². The van der Waals surface area contributed by atoms with Gasteiger partial charge in [0, 0.05) is 52.3 Å². The first-order chi connectivity index (χ1) is 18.1. The van der Waals surface area contributed by atoms with Crippen LogP contribution in [0.2, 0.25) is 0 Å². The maximum atomic E-state index is 11.4. The quantitative estimate of drug-likeness (QED) is 0.101. The molecule has 178 valence electrons. The van der Waals surface area contributed by atoms with Gasteiger partial charge in [0.25, 0.3) is 5.69 Å². The van der Waals surface area contributed by atoms with Crippen LogP contribution >= 0.6 is 11.8 Å². The lowest BCUT2D eigenvalue weighted by Gasteiger charge is -2.04. The van der Waals surface area contributed by atoms with E-state index in [-0.39, 0.29) is 17.1 Å². The number of aromatic nitrogens is 2. The molecular weight excluding hydrogens is 486 g/mol. The maximum absolute atomic E-state index is 11.4. The summed E-state index contributed by atoms with van der Waals surface area (Å²) in [4.78, 5) is 24.5. The van der Waals surface area contributed by atoms with Crippen molar-refractivity contribution in [3.8, 4) is 28.5 Å². The third-order valence-corrected chi connectivity index (χ3v) is 6.35. The molecule has 37 heavy (non-hydrogen) atoms. The smallest absolute Gasteiger partial charge is 0.270 e. The van der Waals surface area contributed by atoms with Gasteiger partial charge in [-0.2, -0.15) is 5.26 Å². The highest BCUT2D eigenvalue weighted by atomic mass is 32.2. The van der Waals surface area contributed by atoms with E-state index in [1.807, 2.05) is 60.7 Å². The molecule has 0 spiro atoms. The summed E-state index contributed by atoms with van der Waals surface area (Å²) in [6.45, 7) is 0. The number of rotatable bonds is 7. The lowest BCUT2D eigenvalue weighted by atomic mass is 9.98. The highest BCUT2D eigenvalue weighted by Crippen LogP contribution is 2.42. The van der Waals surface area contributed by atoms with Gasteiger partial charge in [-0.05, 0) is 29.5 Å². The van der Waals surface area contributed by atoms with Crippen LogP contribution in [0.1, 0.15) is 11.1 Å². The molecule has 8 nitrogen and oxygen atoms in total. The summed E-state index contributed by atoms with van der Waals surface area (Å²) in [5, 5.41) is 22.0. The second-order valence-electron chi connectivity index (χ2n) is 7.70. The second-order valence-corrected chi connectivity index (χ2v) is 8.71.